The average molecular weight is 404 g/mol. The Morgan fingerprint density at radius 1 is 1.21 bits per heavy atom. The van der Waals surface area contributed by atoms with Crippen LogP contribution >= 0.6 is 0 Å². The molecule has 0 N–H and O–H groups in total. The molecule has 8 nitrogen and oxygen atoms in total. The third kappa shape index (κ3) is 4.99. The molecule has 0 atom stereocenters. The van der Waals surface area contributed by atoms with Gasteiger partial charge in [-0.3, -0.25) is 4.90 Å². The standard InChI is InChI=1S/C21H28N2O6/c1-20(2,3)28-18(25)22-10-8-21(9-11-22)14-23(19(26)29-21)13-15-6-5-7-16(12-15)17(24)27-4/h5-7,12H,8-11,13-14H2,1-4H3. The molecule has 0 aromatic heterocycles. The van der Waals surface area contributed by atoms with Gasteiger partial charge in [-0.25, -0.2) is 14.4 Å². The Balaban J connectivity index is 1.60. The number of hydrogen-bond acceptors (Lipinski definition) is 6. The minimum Gasteiger partial charge on any atom is -0.465 e. The van der Waals surface area contributed by atoms with Gasteiger partial charge >= 0.3 is 18.2 Å². The first-order valence-corrected chi connectivity index (χ1v) is 9.74. The van der Waals surface area contributed by atoms with E-state index in [0.29, 0.717) is 44.6 Å². The molecule has 1 aromatic carbocycles. The average Bonchev–Trinajstić information content (AvgIpc) is 2.95. The summed E-state index contributed by atoms with van der Waals surface area (Å²) in [7, 11) is 1.33. The fourth-order valence-electron chi connectivity index (χ4n) is 3.63. The molecule has 2 aliphatic rings. The zero-order chi connectivity index (χ0) is 21.2. The third-order valence-electron chi connectivity index (χ3n) is 5.09. The largest absolute Gasteiger partial charge is 0.465 e. The lowest BCUT2D eigenvalue weighted by atomic mass is 9.91. The number of carbonyl (C=O) groups excluding carboxylic acids is 3. The minimum atomic E-state index is -0.588. The van der Waals surface area contributed by atoms with Gasteiger partial charge in [-0.2, -0.15) is 0 Å². The highest BCUT2D eigenvalue weighted by Gasteiger charge is 2.47. The zero-order valence-corrected chi connectivity index (χ0v) is 17.4. The number of nitrogens with zero attached hydrogens (tertiary/aromatic N) is 2. The fourth-order valence-corrected chi connectivity index (χ4v) is 3.63. The van der Waals surface area contributed by atoms with Gasteiger partial charge in [0.05, 0.1) is 19.2 Å². The number of amides is 2. The van der Waals surface area contributed by atoms with Gasteiger partial charge < -0.3 is 19.1 Å². The Hall–Kier alpha value is -2.77. The van der Waals surface area contributed by atoms with Crippen LogP contribution in [0.1, 0.15) is 49.5 Å². The summed E-state index contributed by atoms with van der Waals surface area (Å²) in [5.41, 5.74) is 0.142. The maximum Gasteiger partial charge on any atom is 0.410 e. The highest BCUT2D eigenvalue weighted by molar-refractivity contribution is 5.89. The van der Waals surface area contributed by atoms with Crippen LogP contribution in [-0.4, -0.2) is 65.9 Å². The van der Waals surface area contributed by atoms with E-state index >= 15 is 0 Å². The zero-order valence-electron chi connectivity index (χ0n) is 17.4. The van der Waals surface area contributed by atoms with Crippen LogP contribution in [-0.2, 0) is 20.8 Å². The van der Waals surface area contributed by atoms with Crippen molar-refractivity contribution in [1.29, 1.82) is 0 Å². The third-order valence-corrected chi connectivity index (χ3v) is 5.09. The van der Waals surface area contributed by atoms with Crippen molar-refractivity contribution >= 4 is 18.2 Å². The fraction of sp³-hybridized carbons (Fsp3) is 0.571. The Labute approximate surface area is 170 Å². The van der Waals surface area contributed by atoms with Crippen LogP contribution in [0.2, 0.25) is 0 Å². The van der Waals surface area contributed by atoms with Crippen molar-refractivity contribution < 1.29 is 28.6 Å². The van der Waals surface area contributed by atoms with Crippen LogP contribution in [0.5, 0.6) is 0 Å². The number of likely N-dealkylation sites (tertiary alicyclic amines) is 1. The molecule has 2 saturated heterocycles. The topological polar surface area (TPSA) is 85.4 Å². The number of esters is 1. The predicted octanol–water partition coefficient (Wildman–Crippen LogP) is 3.20. The Kier molecular flexibility index (Phi) is 5.73. The van der Waals surface area contributed by atoms with Crippen molar-refractivity contribution in [1.82, 2.24) is 9.80 Å². The molecule has 0 saturated carbocycles. The van der Waals surface area contributed by atoms with E-state index in [2.05, 4.69) is 0 Å². The molecule has 0 radical (unpaired) electrons. The van der Waals surface area contributed by atoms with Crippen molar-refractivity contribution in [3.63, 3.8) is 0 Å². The predicted molar refractivity (Wildman–Crippen MR) is 104 cm³/mol. The van der Waals surface area contributed by atoms with Gasteiger partial charge in [-0.05, 0) is 38.5 Å². The SMILES string of the molecule is COC(=O)c1cccc(CN2CC3(CCN(C(=O)OC(C)(C)C)CC3)OC2=O)c1. The van der Waals surface area contributed by atoms with E-state index in [1.54, 1.807) is 28.0 Å². The lowest BCUT2D eigenvalue weighted by Crippen LogP contribution is -2.49. The number of methoxy groups -OCH3 is 1. The Bertz CT molecular complexity index is 793. The summed E-state index contributed by atoms with van der Waals surface area (Å²) in [6, 6.07) is 7.01. The summed E-state index contributed by atoms with van der Waals surface area (Å²) in [6.07, 6.45) is 0.417. The summed E-state index contributed by atoms with van der Waals surface area (Å²) in [4.78, 5) is 39.7. The highest BCUT2D eigenvalue weighted by atomic mass is 16.6. The summed E-state index contributed by atoms with van der Waals surface area (Å²) in [6.45, 7) is 7.27. The van der Waals surface area contributed by atoms with Crippen molar-refractivity contribution in [2.75, 3.05) is 26.7 Å². The van der Waals surface area contributed by atoms with Gasteiger partial charge in [0.2, 0.25) is 0 Å². The Morgan fingerprint density at radius 3 is 2.52 bits per heavy atom. The van der Waals surface area contributed by atoms with E-state index in [1.165, 1.54) is 7.11 Å². The molecule has 2 amide bonds. The summed E-state index contributed by atoms with van der Waals surface area (Å²) in [5, 5.41) is 0. The first-order valence-electron chi connectivity index (χ1n) is 9.74. The number of rotatable bonds is 3. The lowest BCUT2D eigenvalue weighted by Gasteiger charge is -2.37. The molecular weight excluding hydrogens is 376 g/mol. The molecule has 2 heterocycles. The molecule has 0 aliphatic carbocycles. The molecule has 2 aliphatic heterocycles. The van der Waals surface area contributed by atoms with Gasteiger partial charge in [0.25, 0.3) is 0 Å². The second-order valence-corrected chi connectivity index (χ2v) is 8.57. The van der Waals surface area contributed by atoms with Crippen LogP contribution in [0.4, 0.5) is 9.59 Å². The van der Waals surface area contributed by atoms with E-state index in [0.717, 1.165) is 5.56 Å². The molecule has 2 fully saturated rings. The highest BCUT2D eigenvalue weighted by Crippen LogP contribution is 2.34. The van der Waals surface area contributed by atoms with Crippen molar-refractivity contribution in [3.8, 4) is 0 Å². The Morgan fingerprint density at radius 2 is 1.90 bits per heavy atom. The van der Waals surface area contributed by atoms with Crippen LogP contribution in [0.25, 0.3) is 0 Å². The summed E-state index contributed by atoms with van der Waals surface area (Å²) in [5.74, 6) is -0.415. The molecule has 3 rings (SSSR count). The van der Waals surface area contributed by atoms with Gasteiger partial charge in [-0.1, -0.05) is 12.1 Å². The number of ether oxygens (including phenoxy) is 3. The van der Waals surface area contributed by atoms with E-state index in [4.69, 9.17) is 14.2 Å². The molecule has 158 valence electrons. The maximum absolute atomic E-state index is 12.4. The van der Waals surface area contributed by atoms with Crippen LogP contribution in [0.15, 0.2) is 24.3 Å². The van der Waals surface area contributed by atoms with Crippen LogP contribution in [0.3, 0.4) is 0 Å². The van der Waals surface area contributed by atoms with Crippen molar-refractivity contribution in [3.05, 3.63) is 35.4 Å². The molecule has 0 bridgehead atoms. The number of benzene rings is 1. The molecule has 8 heteroatoms. The van der Waals surface area contributed by atoms with Crippen LogP contribution < -0.4 is 0 Å². The van der Waals surface area contributed by atoms with Crippen molar-refractivity contribution in [2.24, 2.45) is 0 Å². The molecule has 0 unspecified atom stereocenters. The van der Waals surface area contributed by atoms with E-state index in [-0.39, 0.29) is 12.2 Å². The minimum absolute atomic E-state index is 0.340. The van der Waals surface area contributed by atoms with E-state index in [1.807, 2.05) is 26.8 Å². The van der Waals surface area contributed by atoms with Gasteiger partial charge in [-0.15, -0.1) is 0 Å². The van der Waals surface area contributed by atoms with Crippen LogP contribution in [0, 0.1) is 0 Å². The second kappa shape index (κ2) is 7.93. The maximum atomic E-state index is 12.4. The first kappa shape index (κ1) is 21.0. The normalized spacial score (nSPS) is 18.6. The summed E-state index contributed by atoms with van der Waals surface area (Å²) >= 11 is 0. The van der Waals surface area contributed by atoms with Gasteiger partial charge in [0.1, 0.15) is 11.2 Å². The molecule has 1 spiro atoms. The lowest BCUT2D eigenvalue weighted by molar-refractivity contribution is -0.0170. The molecule has 29 heavy (non-hydrogen) atoms. The van der Waals surface area contributed by atoms with Crippen molar-refractivity contribution in [2.45, 2.75) is 51.4 Å². The smallest absolute Gasteiger partial charge is 0.410 e. The molecular formula is C21H28N2O6. The molecule has 1 aromatic rings. The second-order valence-electron chi connectivity index (χ2n) is 8.57. The summed E-state index contributed by atoms with van der Waals surface area (Å²) < 4.78 is 15.9. The number of carbonyl (C=O) groups is 3. The quantitative estimate of drug-likeness (QED) is 0.568. The van der Waals surface area contributed by atoms with Gasteiger partial charge in [0, 0.05) is 32.5 Å². The first-order chi connectivity index (χ1) is 13.6. The monoisotopic (exact) mass is 404 g/mol. The number of piperidine rings is 1. The van der Waals surface area contributed by atoms with E-state index in [9.17, 15) is 14.4 Å². The van der Waals surface area contributed by atoms with E-state index < -0.39 is 17.2 Å². The van der Waals surface area contributed by atoms with Gasteiger partial charge in [0.15, 0.2) is 0 Å². The number of hydrogen-bond donors (Lipinski definition) is 0.